The van der Waals surface area contributed by atoms with Crippen molar-refractivity contribution in [1.82, 2.24) is 28.7 Å². The summed E-state index contributed by atoms with van der Waals surface area (Å²) in [5.41, 5.74) is 11.0. The van der Waals surface area contributed by atoms with Crippen LogP contribution in [0.3, 0.4) is 0 Å². The lowest BCUT2D eigenvalue weighted by atomic mass is 10.1. The molecule has 4 heterocycles. The second-order valence-corrected chi connectivity index (χ2v) is 11.1. The average molecular weight is 509 g/mol. The molecular formula is C24H28N8O3S. The first kappa shape index (κ1) is 23.9. The van der Waals surface area contributed by atoms with Crippen molar-refractivity contribution in [1.29, 1.82) is 0 Å². The number of fused-ring (bicyclic) bond motifs is 1. The van der Waals surface area contributed by atoms with E-state index < -0.39 is 16.1 Å². The van der Waals surface area contributed by atoms with Gasteiger partial charge in [0.15, 0.2) is 5.82 Å². The van der Waals surface area contributed by atoms with Crippen LogP contribution < -0.4 is 10.6 Å². The van der Waals surface area contributed by atoms with E-state index in [1.165, 1.54) is 10.6 Å². The number of hydrogen-bond donors (Lipinski definition) is 1. The minimum absolute atomic E-state index is 0.140. The van der Waals surface area contributed by atoms with Crippen molar-refractivity contribution in [2.24, 2.45) is 0 Å². The third-order valence-electron chi connectivity index (χ3n) is 6.50. The Morgan fingerprint density at radius 2 is 1.86 bits per heavy atom. The fourth-order valence-corrected chi connectivity index (χ4v) is 5.88. The molecular weight excluding hydrogens is 480 g/mol. The van der Waals surface area contributed by atoms with Crippen LogP contribution in [0.15, 0.2) is 48.9 Å². The topological polar surface area (TPSA) is 132 Å². The number of sulfonamides is 1. The summed E-state index contributed by atoms with van der Waals surface area (Å²) in [4.78, 5) is 19.0. The van der Waals surface area contributed by atoms with Gasteiger partial charge in [0.05, 0.1) is 17.6 Å². The minimum atomic E-state index is -3.47. The largest absolute Gasteiger partial charge is 0.382 e. The molecule has 1 saturated heterocycles. The lowest BCUT2D eigenvalue weighted by Crippen LogP contribution is -2.57. The Bertz CT molecular complexity index is 1570. The Labute approximate surface area is 209 Å². The normalized spacial score (nSPS) is 17.4. The van der Waals surface area contributed by atoms with Crippen LogP contribution in [0.2, 0.25) is 0 Å². The maximum Gasteiger partial charge on any atom is 0.245 e. The fraction of sp³-hybridized carbons (Fsp3) is 0.333. The van der Waals surface area contributed by atoms with Gasteiger partial charge in [-0.3, -0.25) is 9.48 Å². The molecule has 1 aliphatic heterocycles. The number of aromatic nitrogens is 5. The number of amides is 1. The quantitative estimate of drug-likeness (QED) is 0.438. The van der Waals surface area contributed by atoms with Gasteiger partial charge in [-0.15, -0.1) is 0 Å². The summed E-state index contributed by atoms with van der Waals surface area (Å²) >= 11 is 0. The molecule has 1 atom stereocenters. The van der Waals surface area contributed by atoms with E-state index in [1.54, 1.807) is 22.5 Å². The predicted octanol–water partition coefficient (Wildman–Crippen LogP) is 2.42. The standard InChI is InChI=1S/C24H28N8O3S/c1-15(2)31-20(8-9-27-31)19-13-21(32-22(19)23(25)26-14-28-32)17-6-5-7-18(12-17)29-10-11-30(36(4,34)35)16(3)24(29)33/h5-9,12-16H,10-11H2,1-4H3,(H2,25,26,28). The number of nitrogens with two attached hydrogens (primary N) is 1. The Hall–Kier alpha value is -3.77. The number of hydrogen-bond acceptors (Lipinski definition) is 7. The Morgan fingerprint density at radius 1 is 1.08 bits per heavy atom. The van der Waals surface area contributed by atoms with E-state index in [9.17, 15) is 13.2 Å². The zero-order valence-corrected chi connectivity index (χ0v) is 21.3. The number of piperazine rings is 1. The third kappa shape index (κ3) is 3.91. The summed E-state index contributed by atoms with van der Waals surface area (Å²) < 4.78 is 29.0. The first-order valence-electron chi connectivity index (χ1n) is 11.6. The van der Waals surface area contributed by atoms with Gasteiger partial charge in [-0.2, -0.15) is 14.5 Å². The number of nitrogens with zero attached hydrogens (tertiary/aromatic N) is 7. The number of anilines is 2. The number of nitrogen functional groups attached to an aromatic ring is 1. The zero-order chi connectivity index (χ0) is 25.8. The van der Waals surface area contributed by atoms with Crippen LogP contribution in [-0.2, 0) is 14.8 Å². The monoisotopic (exact) mass is 508 g/mol. The Morgan fingerprint density at radius 3 is 2.58 bits per heavy atom. The van der Waals surface area contributed by atoms with Crippen molar-refractivity contribution < 1.29 is 13.2 Å². The molecule has 1 amide bonds. The maximum atomic E-state index is 13.1. The first-order valence-corrected chi connectivity index (χ1v) is 13.5. The predicted molar refractivity (Wildman–Crippen MR) is 138 cm³/mol. The number of carbonyl (C=O) groups excluding carboxylic acids is 1. The molecule has 0 aliphatic carbocycles. The van der Waals surface area contributed by atoms with Crippen molar-refractivity contribution in [3.8, 4) is 22.5 Å². The molecule has 3 aromatic heterocycles. The lowest BCUT2D eigenvalue weighted by molar-refractivity contribution is -0.123. The van der Waals surface area contributed by atoms with Crippen molar-refractivity contribution in [2.45, 2.75) is 32.9 Å². The SMILES string of the molecule is CC1C(=O)N(c2cccc(-c3cc(-c4ccnn4C(C)C)c4c(N)ncnn34)c2)CCN1S(C)(=O)=O. The molecule has 1 unspecified atom stereocenters. The van der Waals surface area contributed by atoms with Crippen molar-refractivity contribution >= 4 is 33.0 Å². The highest BCUT2D eigenvalue weighted by Gasteiger charge is 2.37. The molecule has 5 rings (SSSR count). The van der Waals surface area contributed by atoms with Crippen molar-refractivity contribution in [2.75, 3.05) is 30.0 Å². The van der Waals surface area contributed by atoms with Gasteiger partial charge in [0, 0.05) is 42.1 Å². The molecule has 0 spiro atoms. The molecule has 1 aromatic carbocycles. The van der Waals surface area contributed by atoms with Crippen molar-refractivity contribution in [3.05, 3.63) is 48.9 Å². The molecule has 12 heteroatoms. The van der Waals surface area contributed by atoms with E-state index >= 15 is 0 Å². The summed E-state index contributed by atoms with van der Waals surface area (Å²) in [5.74, 6) is 0.0803. The molecule has 2 N–H and O–H groups in total. The second kappa shape index (κ2) is 8.71. The summed E-state index contributed by atoms with van der Waals surface area (Å²) in [6, 6.07) is 10.9. The van der Waals surface area contributed by atoms with E-state index in [1.807, 2.05) is 41.1 Å². The van der Waals surface area contributed by atoms with Crippen molar-refractivity contribution in [3.63, 3.8) is 0 Å². The van der Waals surface area contributed by atoms with Gasteiger partial charge in [-0.1, -0.05) is 12.1 Å². The van der Waals surface area contributed by atoms with E-state index in [2.05, 4.69) is 29.0 Å². The van der Waals surface area contributed by atoms with E-state index in [-0.39, 0.29) is 25.0 Å². The average Bonchev–Trinajstić information content (AvgIpc) is 3.46. The summed E-state index contributed by atoms with van der Waals surface area (Å²) in [6.45, 7) is 6.23. The number of benzene rings is 1. The summed E-state index contributed by atoms with van der Waals surface area (Å²) in [6.07, 6.45) is 4.29. The summed E-state index contributed by atoms with van der Waals surface area (Å²) in [7, 11) is -3.47. The molecule has 0 radical (unpaired) electrons. The van der Waals surface area contributed by atoms with Crippen LogP contribution in [0.1, 0.15) is 26.8 Å². The van der Waals surface area contributed by atoms with E-state index in [0.29, 0.717) is 17.0 Å². The smallest absolute Gasteiger partial charge is 0.245 e. The highest BCUT2D eigenvalue weighted by molar-refractivity contribution is 7.88. The molecule has 36 heavy (non-hydrogen) atoms. The first-order chi connectivity index (χ1) is 17.1. The molecule has 0 saturated carbocycles. The molecule has 188 valence electrons. The molecule has 1 fully saturated rings. The van der Waals surface area contributed by atoms with Crippen LogP contribution in [0.5, 0.6) is 0 Å². The van der Waals surface area contributed by atoms with Gasteiger partial charge in [0.25, 0.3) is 0 Å². The Kier molecular flexibility index (Phi) is 5.80. The van der Waals surface area contributed by atoms with Gasteiger partial charge in [0.1, 0.15) is 17.9 Å². The minimum Gasteiger partial charge on any atom is -0.382 e. The van der Waals surface area contributed by atoms with Gasteiger partial charge in [-0.05, 0) is 45.0 Å². The van der Waals surface area contributed by atoms with Gasteiger partial charge in [0.2, 0.25) is 15.9 Å². The highest BCUT2D eigenvalue weighted by Crippen LogP contribution is 2.36. The molecule has 0 bridgehead atoms. The lowest BCUT2D eigenvalue weighted by Gasteiger charge is -2.37. The zero-order valence-electron chi connectivity index (χ0n) is 20.5. The number of rotatable bonds is 5. The van der Waals surface area contributed by atoms with Gasteiger partial charge >= 0.3 is 0 Å². The van der Waals surface area contributed by atoms with Crippen LogP contribution in [0.25, 0.3) is 28.0 Å². The molecule has 11 nitrogen and oxygen atoms in total. The van der Waals surface area contributed by atoms with Gasteiger partial charge < -0.3 is 10.6 Å². The van der Waals surface area contributed by atoms with Crippen LogP contribution in [-0.4, -0.2) is 68.4 Å². The van der Waals surface area contributed by atoms with E-state index in [0.717, 1.165) is 28.8 Å². The fourth-order valence-electron chi connectivity index (χ4n) is 4.80. The van der Waals surface area contributed by atoms with Crippen LogP contribution >= 0.6 is 0 Å². The third-order valence-corrected chi connectivity index (χ3v) is 7.85. The molecule has 1 aliphatic rings. The van der Waals surface area contributed by atoms with E-state index in [4.69, 9.17) is 5.73 Å². The van der Waals surface area contributed by atoms with Crippen LogP contribution in [0, 0.1) is 0 Å². The maximum absolute atomic E-state index is 13.1. The van der Waals surface area contributed by atoms with Crippen LogP contribution in [0.4, 0.5) is 11.5 Å². The Balaban J connectivity index is 1.60. The van der Waals surface area contributed by atoms with Gasteiger partial charge in [-0.25, -0.2) is 17.9 Å². The highest BCUT2D eigenvalue weighted by atomic mass is 32.2. The molecule has 4 aromatic rings. The number of carbonyl (C=O) groups is 1. The second-order valence-electron chi connectivity index (χ2n) is 9.19. The summed E-state index contributed by atoms with van der Waals surface area (Å²) in [5, 5.41) is 8.93.